The van der Waals surface area contributed by atoms with Crippen LogP contribution in [0.3, 0.4) is 0 Å². The Kier molecular flexibility index (Phi) is 7.83. The quantitative estimate of drug-likeness (QED) is 0.263. The van der Waals surface area contributed by atoms with Gasteiger partial charge in [-0.3, -0.25) is 9.12 Å². The van der Waals surface area contributed by atoms with Crippen LogP contribution in [0.1, 0.15) is 43.7 Å². The lowest BCUT2D eigenvalue weighted by molar-refractivity contribution is 0.360. The highest BCUT2D eigenvalue weighted by Crippen LogP contribution is 2.46. The van der Waals surface area contributed by atoms with E-state index < -0.39 is 22.7 Å². The summed E-state index contributed by atoms with van der Waals surface area (Å²) in [5, 5.41) is 0. The van der Waals surface area contributed by atoms with Gasteiger partial charge in [-0.15, -0.1) is 0 Å². The van der Waals surface area contributed by atoms with Crippen LogP contribution in [-0.4, -0.2) is 27.7 Å². The van der Waals surface area contributed by atoms with Crippen molar-refractivity contribution in [2.24, 2.45) is 0 Å². The molecule has 8 heteroatoms. The van der Waals surface area contributed by atoms with Crippen LogP contribution in [0.5, 0.6) is 0 Å². The van der Waals surface area contributed by atoms with Crippen molar-refractivity contribution in [1.82, 2.24) is 0 Å². The first kappa shape index (κ1) is 21.1. The molecule has 0 bridgehead atoms. The predicted octanol–water partition coefficient (Wildman–Crippen LogP) is 3.44. The van der Waals surface area contributed by atoms with Crippen LogP contribution in [-0.2, 0) is 21.1 Å². The molecule has 0 aliphatic rings. The molecule has 0 spiro atoms. The van der Waals surface area contributed by atoms with E-state index >= 15 is 0 Å². The summed E-state index contributed by atoms with van der Waals surface area (Å²) in [4.78, 5) is 16.0. The fourth-order valence-corrected chi connectivity index (χ4v) is 4.81. The first-order valence-corrected chi connectivity index (χ1v) is 10.9. The molecule has 136 valence electrons. The molecule has 0 saturated carbocycles. The minimum Gasteiger partial charge on any atom is -0.323 e. The van der Waals surface area contributed by atoms with E-state index in [9.17, 15) is 13.0 Å². The van der Waals surface area contributed by atoms with Crippen LogP contribution in [0.25, 0.3) is 0 Å². The van der Waals surface area contributed by atoms with Crippen molar-refractivity contribution in [3.8, 4) is 0 Å². The van der Waals surface area contributed by atoms with Crippen LogP contribution in [0.4, 0.5) is 0 Å². The maximum atomic E-state index is 11.1. The van der Waals surface area contributed by atoms with Crippen molar-refractivity contribution in [2.45, 2.75) is 50.9 Å². The van der Waals surface area contributed by atoms with E-state index in [1.54, 1.807) is 0 Å². The molecule has 1 aromatic rings. The van der Waals surface area contributed by atoms with Crippen LogP contribution in [0.2, 0.25) is 0 Å². The molecule has 24 heavy (non-hydrogen) atoms. The number of hydrogen-bond acceptors (Lipinski definition) is 3. The third kappa shape index (κ3) is 7.73. The predicted molar refractivity (Wildman–Crippen MR) is 94.5 cm³/mol. The van der Waals surface area contributed by atoms with E-state index in [0.29, 0.717) is 6.42 Å². The molecule has 1 unspecified atom stereocenters. The topological polar surface area (TPSA) is 112 Å². The van der Waals surface area contributed by atoms with Crippen molar-refractivity contribution in [3.05, 3.63) is 47.0 Å². The van der Waals surface area contributed by atoms with E-state index in [0.717, 1.165) is 18.4 Å². The molecule has 0 radical (unpaired) electrons. The highest BCUT2D eigenvalue weighted by molar-refractivity contribution is 7.93. The molecule has 1 atom stereocenters. The summed E-state index contributed by atoms with van der Waals surface area (Å²) < 4.78 is 42.1. The van der Waals surface area contributed by atoms with E-state index in [2.05, 4.69) is 12.1 Å². The third-order valence-corrected chi connectivity index (χ3v) is 7.31. The second-order valence-electron chi connectivity index (χ2n) is 6.03. The molecule has 0 fully saturated rings. The first-order valence-electron chi connectivity index (χ1n) is 7.73. The normalized spacial score (nSPS) is 14.6. The Labute approximate surface area is 143 Å². The zero-order chi connectivity index (χ0) is 18.4. The molecule has 0 aliphatic heterocycles. The number of allylic oxidation sites excluding steroid dienone is 2. The van der Waals surface area contributed by atoms with Gasteiger partial charge in [-0.1, -0.05) is 41.5 Å². The molecular weight excluding hydrogens is 351 g/mol. The zero-order valence-corrected chi connectivity index (χ0v) is 15.6. The van der Waals surface area contributed by atoms with E-state index in [-0.39, 0.29) is 12.8 Å². The minimum atomic E-state index is -4.88. The Morgan fingerprint density at radius 2 is 2.00 bits per heavy atom. The molecule has 1 rings (SSSR count). The lowest BCUT2D eigenvalue weighted by atomic mass is 10.0. The molecule has 0 heterocycles. The van der Waals surface area contributed by atoms with Crippen LogP contribution < -0.4 is 0 Å². The van der Waals surface area contributed by atoms with Gasteiger partial charge in [0.25, 0.3) is 10.1 Å². The Morgan fingerprint density at radius 1 is 1.33 bits per heavy atom. The highest BCUT2D eigenvalue weighted by atomic mass is 32.2. The highest BCUT2D eigenvalue weighted by Gasteiger charge is 2.38. The summed E-state index contributed by atoms with van der Waals surface area (Å²) in [5.41, 5.74) is 3.59. The second kappa shape index (κ2) is 8.92. The fraction of sp³-hybridized carbons (Fsp3) is 0.500. The van der Waals surface area contributed by atoms with Gasteiger partial charge >= 0.3 is 7.60 Å². The molecule has 6 nitrogen and oxygen atoms in total. The zero-order valence-electron chi connectivity index (χ0n) is 13.9. The molecule has 0 aliphatic carbocycles. The largest absolute Gasteiger partial charge is 0.346 e. The molecule has 0 aromatic heterocycles. The van der Waals surface area contributed by atoms with Crippen molar-refractivity contribution in [1.29, 1.82) is 0 Å². The van der Waals surface area contributed by atoms with Gasteiger partial charge in [0.1, 0.15) is 0 Å². The number of aryl methyl sites for hydroxylation is 2. The standard InChI is InChI=1S/C16H25O6PS/c1-13(10-11-15-8-5-7-14(2)12-15)6-3-4-9-16(23(17,18)19)24(20,21)22/h5-8,12,16H,3-4,9-11H2,1-2H3,(H2,17,18,19)(H,20,21,22). The summed E-state index contributed by atoms with van der Waals surface area (Å²) in [6.07, 6.45) is 4.22. The third-order valence-electron chi connectivity index (χ3n) is 3.76. The van der Waals surface area contributed by atoms with Gasteiger partial charge < -0.3 is 9.79 Å². The fourth-order valence-electron chi connectivity index (χ4n) is 2.44. The van der Waals surface area contributed by atoms with E-state index in [1.165, 1.54) is 11.1 Å². The number of benzene rings is 1. The molecule has 3 N–H and O–H groups in total. The Bertz CT molecular complexity index is 720. The summed E-state index contributed by atoms with van der Waals surface area (Å²) in [6, 6.07) is 8.25. The molecular formula is C16H25O6PS. The van der Waals surface area contributed by atoms with E-state index in [1.807, 2.05) is 32.1 Å². The average Bonchev–Trinajstić information content (AvgIpc) is 2.42. The van der Waals surface area contributed by atoms with Gasteiger partial charge in [-0.05, 0) is 51.5 Å². The second-order valence-corrected chi connectivity index (χ2v) is 9.78. The van der Waals surface area contributed by atoms with Crippen molar-refractivity contribution < 1.29 is 27.3 Å². The lowest BCUT2D eigenvalue weighted by Gasteiger charge is -2.14. The lowest BCUT2D eigenvalue weighted by Crippen LogP contribution is -2.20. The van der Waals surface area contributed by atoms with Crippen LogP contribution >= 0.6 is 7.60 Å². The van der Waals surface area contributed by atoms with Gasteiger partial charge in [-0.2, -0.15) is 8.42 Å². The minimum absolute atomic E-state index is 0.273. The number of rotatable bonds is 9. The summed E-state index contributed by atoms with van der Waals surface area (Å²) in [7, 11) is -9.63. The molecule has 0 saturated heterocycles. The number of hydrogen-bond donors (Lipinski definition) is 3. The first-order chi connectivity index (χ1) is 11.0. The SMILES string of the molecule is CC(=CCCCC(P(=O)(O)O)S(=O)(=O)O)CCc1cccc(C)c1. The Morgan fingerprint density at radius 3 is 2.54 bits per heavy atom. The summed E-state index contributed by atoms with van der Waals surface area (Å²) >= 11 is 0. The van der Waals surface area contributed by atoms with Crippen molar-refractivity contribution in [2.75, 3.05) is 0 Å². The van der Waals surface area contributed by atoms with Crippen molar-refractivity contribution in [3.63, 3.8) is 0 Å². The summed E-state index contributed by atoms with van der Waals surface area (Å²) in [5.74, 6) is 0. The van der Waals surface area contributed by atoms with Gasteiger partial charge in [-0.25, -0.2) is 0 Å². The monoisotopic (exact) mass is 376 g/mol. The van der Waals surface area contributed by atoms with Gasteiger partial charge in [0.15, 0.2) is 4.99 Å². The van der Waals surface area contributed by atoms with Crippen molar-refractivity contribution >= 4 is 17.7 Å². The van der Waals surface area contributed by atoms with Crippen LogP contribution in [0.15, 0.2) is 35.9 Å². The molecule has 0 amide bonds. The average molecular weight is 376 g/mol. The number of unbranched alkanes of at least 4 members (excludes halogenated alkanes) is 1. The smallest absolute Gasteiger partial charge is 0.323 e. The Balaban J connectivity index is 2.47. The summed E-state index contributed by atoms with van der Waals surface area (Å²) in [6.45, 7) is 4.01. The maximum absolute atomic E-state index is 11.1. The van der Waals surface area contributed by atoms with Gasteiger partial charge in [0.05, 0.1) is 0 Å². The van der Waals surface area contributed by atoms with Gasteiger partial charge in [0.2, 0.25) is 0 Å². The van der Waals surface area contributed by atoms with Gasteiger partial charge in [0, 0.05) is 0 Å². The molecule has 1 aromatic carbocycles. The van der Waals surface area contributed by atoms with E-state index in [4.69, 9.17) is 14.3 Å². The Hall–Kier alpha value is -0.980. The van der Waals surface area contributed by atoms with Crippen LogP contribution in [0, 0.1) is 6.92 Å². The maximum Gasteiger partial charge on any atom is 0.346 e.